The molecule has 0 N–H and O–H groups in total. The van der Waals surface area contributed by atoms with Crippen LogP contribution in [0.4, 0.5) is 0 Å². The first-order valence-electron chi connectivity index (χ1n) is 5.32. The van der Waals surface area contributed by atoms with Crippen LogP contribution in [0.5, 0.6) is 0 Å². The van der Waals surface area contributed by atoms with Gasteiger partial charge in [-0.25, -0.2) is 0 Å². The second kappa shape index (κ2) is 4.90. The van der Waals surface area contributed by atoms with Crippen LogP contribution in [-0.2, 0) is 13.6 Å². The lowest BCUT2D eigenvalue weighted by Crippen LogP contribution is -2.40. The van der Waals surface area contributed by atoms with Gasteiger partial charge in [0, 0.05) is 11.9 Å². The molecular weight excluding hydrogens is 214 g/mol. The van der Waals surface area contributed by atoms with Crippen LogP contribution >= 0.6 is 11.6 Å². The Labute approximate surface area is 94.4 Å². The first-order chi connectivity index (χ1) is 7.29. The maximum atomic E-state index is 5.94. The summed E-state index contributed by atoms with van der Waals surface area (Å²) >= 11 is 5.94. The number of aromatic nitrogens is 4. The van der Waals surface area contributed by atoms with E-state index >= 15 is 0 Å². The van der Waals surface area contributed by atoms with E-state index in [1.165, 1.54) is 24.1 Å². The largest absolute Gasteiger partial charge is 0.292 e. The first-order valence-corrected chi connectivity index (χ1v) is 5.86. The van der Waals surface area contributed by atoms with Gasteiger partial charge in [-0.2, -0.15) is 4.80 Å². The van der Waals surface area contributed by atoms with E-state index in [-0.39, 0.29) is 0 Å². The summed E-state index contributed by atoms with van der Waals surface area (Å²) in [6, 6.07) is 0.476. The summed E-state index contributed by atoms with van der Waals surface area (Å²) < 4.78 is 0. The number of halogens is 1. The lowest BCUT2D eigenvalue weighted by Gasteiger charge is -2.33. The Kier molecular flexibility index (Phi) is 3.53. The fourth-order valence-electron chi connectivity index (χ4n) is 2.01. The van der Waals surface area contributed by atoms with Crippen molar-refractivity contribution in [2.24, 2.45) is 7.05 Å². The minimum absolute atomic E-state index is 0.476. The molecule has 1 aromatic rings. The average molecular weight is 230 g/mol. The summed E-state index contributed by atoms with van der Waals surface area (Å²) in [5, 5.41) is 12.0. The van der Waals surface area contributed by atoms with Crippen molar-refractivity contribution in [1.29, 1.82) is 0 Å². The van der Waals surface area contributed by atoms with Crippen LogP contribution in [0.1, 0.15) is 25.1 Å². The highest BCUT2D eigenvalue weighted by Crippen LogP contribution is 2.19. The summed E-state index contributed by atoms with van der Waals surface area (Å²) in [6.07, 6.45) is 3.71. The van der Waals surface area contributed by atoms with E-state index in [2.05, 4.69) is 20.3 Å². The Morgan fingerprint density at radius 1 is 1.47 bits per heavy atom. The molecule has 1 fully saturated rings. The number of piperidine rings is 1. The summed E-state index contributed by atoms with van der Waals surface area (Å²) in [5.74, 6) is 1.48. The molecule has 1 aliphatic heterocycles. The molecule has 15 heavy (non-hydrogen) atoms. The number of nitrogens with zero attached hydrogens (tertiary/aromatic N) is 5. The molecule has 84 valence electrons. The molecule has 0 bridgehead atoms. The molecule has 0 spiro atoms. The maximum absolute atomic E-state index is 5.94. The minimum Gasteiger partial charge on any atom is -0.292 e. The quantitative estimate of drug-likeness (QED) is 0.720. The molecule has 0 saturated carbocycles. The molecule has 0 aliphatic carbocycles. The fraction of sp³-hybridized carbons (Fsp3) is 0.889. The van der Waals surface area contributed by atoms with Gasteiger partial charge in [0.25, 0.3) is 0 Å². The zero-order chi connectivity index (χ0) is 10.7. The van der Waals surface area contributed by atoms with Crippen molar-refractivity contribution < 1.29 is 0 Å². The van der Waals surface area contributed by atoms with Gasteiger partial charge in [-0.05, 0) is 24.6 Å². The number of tetrazole rings is 1. The van der Waals surface area contributed by atoms with E-state index in [1.807, 2.05) is 0 Å². The Balaban J connectivity index is 1.97. The molecule has 0 aromatic carbocycles. The Hall–Kier alpha value is -0.680. The van der Waals surface area contributed by atoms with Crippen molar-refractivity contribution in [2.45, 2.75) is 31.8 Å². The van der Waals surface area contributed by atoms with Gasteiger partial charge in [0.15, 0.2) is 5.82 Å². The van der Waals surface area contributed by atoms with E-state index in [0.717, 1.165) is 18.9 Å². The zero-order valence-electron chi connectivity index (χ0n) is 8.93. The van der Waals surface area contributed by atoms with Crippen molar-refractivity contribution in [3.05, 3.63) is 5.82 Å². The third kappa shape index (κ3) is 2.66. The highest BCUT2D eigenvalue weighted by atomic mass is 35.5. The molecule has 1 unspecified atom stereocenters. The molecule has 0 amide bonds. The number of hydrogen-bond donors (Lipinski definition) is 0. The van der Waals surface area contributed by atoms with Gasteiger partial charge in [-0.1, -0.05) is 6.42 Å². The smallest absolute Gasteiger partial charge is 0.188 e. The van der Waals surface area contributed by atoms with Gasteiger partial charge < -0.3 is 0 Å². The van der Waals surface area contributed by atoms with Crippen LogP contribution in [-0.4, -0.2) is 43.6 Å². The third-order valence-electron chi connectivity index (χ3n) is 2.82. The van der Waals surface area contributed by atoms with Crippen LogP contribution in [0.2, 0.25) is 0 Å². The zero-order valence-corrected chi connectivity index (χ0v) is 9.69. The predicted molar refractivity (Wildman–Crippen MR) is 57.6 cm³/mol. The Morgan fingerprint density at radius 3 is 3.00 bits per heavy atom. The normalized spacial score (nSPS) is 23.2. The fourth-order valence-corrected chi connectivity index (χ4v) is 2.36. The molecule has 1 aliphatic rings. The standard InChI is InChI=1S/C9H16ClN5/c1-14-12-9(11-13-14)7-15-5-3-2-4-8(15)6-10/h8H,2-7H2,1H3. The van der Waals surface area contributed by atoms with E-state index in [0.29, 0.717) is 11.9 Å². The van der Waals surface area contributed by atoms with Crippen molar-refractivity contribution in [2.75, 3.05) is 12.4 Å². The minimum atomic E-state index is 0.476. The van der Waals surface area contributed by atoms with E-state index in [4.69, 9.17) is 11.6 Å². The highest BCUT2D eigenvalue weighted by Gasteiger charge is 2.22. The number of hydrogen-bond acceptors (Lipinski definition) is 4. The number of aryl methyl sites for hydroxylation is 1. The van der Waals surface area contributed by atoms with Crippen LogP contribution in [0, 0.1) is 0 Å². The lowest BCUT2D eigenvalue weighted by atomic mass is 10.0. The topological polar surface area (TPSA) is 46.8 Å². The lowest BCUT2D eigenvalue weighted by molar-refractivity contribution is 0.151. The van der Waals surface area contributed by atoms with Crippen molar-refractivity contribution >= 4 is 11.6 Å². The predicted octanol–water partition coefficient (Wildman–Crippen LogP) is 0.803. The maximum Gasteiger partial charge on any atom is 0.188 e. The second-order valence-corrected chi connectivity index (χ2v) is 4.28. The summed E-state index contributed by atoms with van der Waals surface area (Å²) in [7, 11) is 1.78. The van der Waals surface area contributed by atoms with Gasteiger partial charge in [-0.3, -0.25) is 4.90 Å². The third-order valence-corrected chi connectivity index (χ3v) is 3.18. The van der Waals surface area contributed by atoms with Crippen LogP contribution in [0.3, 0.4) is 0 Å². The van der Waals surface area contributed by atoms with Gasteiger partial charge >= 0.3 is 0 Å². The molecule has 1 aromatic heterocycles. The van der Waals surface area contributed by atoms with Crippen LogP contribution in [0.25, 0.3) is 0 Å². The highest BCUT2D eigenvalue weighted by molar-refractivity contribution is 6.18. The molecule has 0 radical (unpaired) electrons. The number of rotatable bonds is 3. The number of likely N-dealkylation sites (tertiary alicyclic amines) is 1. The second-order valence-electron chi connectivity index (χ2n) is 3.97. The van der Waals surface area contributed by atoms with Crippen molar-refractivity contribution in [3.63, 3.8) is 0 Å². The van der Waals surface area contributed by atoms with Gasteiger partial charge in [0.2, 0.25) is 0 Å². The van der Waals surface area contributed by atoms with E-state index in [1.54, 1.807) is 7.05 Å². The van der Waals surface area contributed by atoms with Crippen molar-refractivity contribution in [3.8, 4) is 0 Å². The monoisotopic (exact) mass is 229 g/mol. The molecule has 2 rings (SSSR count). The molecule has 5 nitrogen and oxygen atoms in total. The van der Waals surface area contributed by atoms with Crippen LogP contribution in [0.15, 0.2) is 0 Å². The Bertz CT molecular complexity index is 313. The van der Waals surface area contributed by atoms with Crippen molar-refractivity contribution in [1.82, 2.24) is 25.1 Å². The van der Waals surface area contributed by atoms with Gasteiger partial charge in [-0.15, -0.1) is 21.8 Å². The van der Waals surface area contributed by atoms with Crippen LogP contribution < -0.4 is 0 Å². The molecule has 6 heteroatoms. The van der Waals surface area contributed by atoms with E-state index in [9.17, 15) is 0 Å². The molecular formula is C9H16ClN5. The number of alkyl halides is 1. The van der Waals surface area contributed by atoms with Gasteiger partial charge in [0.05, 0.1) is 13.6 Å². The van der Waals surface area contributed by atoms with Gasteiger partial charge in [0.1, 0.15) is 0 Å². The summed E-state index contributed by atoms with van der Waals surface area (Å²) in [5.41, 5.74) is 0. The molecule has 2 heterocycles. The molecule has 1 atom stereocenters. The SMILES string of the molecule is Cn1nnc(CN2CCCCC2CCl)n1. The first kappa shape index (κ1) is 10.8. The average Bonchev–Trinajstić information content (AvgIpc) is 2.65. The summed E-state index contributed by atoms with van der Waals surface area (Å²) in [4.78, 5) is 3.85. The summed E-state index contributed by atoms with van der Waals surface area (Å²) in [6.45, 7) is 1.86. The Morgan fingerprint density at radius 2 is 2.33 bits per heavy atom. The van der Waals surface area contributed by atoms with E-state index < -0.39 is 0 Å². The molecule has 1 saturated heterocycles.